The van der Waals surface area contributed by atoms with Gasteiger partial charge in [0.2, 0.25) is 5.95 Å². The van der Waals surface area contributed by atoms with Crippen LogP contribution < -0.4 is 5.32 Å². The normalized spacial score (nSPS) is 19.1. The minimum atomic E-state index is -4.44. The molecule has 28 heavy (non-hydrogen) atoms. The van der Waals surface area contributed by atoms with Gasteiger partial charge in [-0.05, 0) is 38.2 Å². The van der Waals surface area contributed by atoms with Gasteiger partial charge in [0.15, 0.2) is 0 Å². The summed E-state index contributed by atoms with van der Waals surface area (Å²) < 4.78 is 41.5. The maximum Gasteiger partial charge on any atom is 0.419 e. The van der Waals surface area contributed by atoms with Crippen molar-refractivity contribution in [3.05, 3.63) is 46.8 Å². The fraction of sp³-hybridized carbons (Fsp3) is 0.444. The summed E-state index contributed by atoms with van der Waals surface area (Å²) in [6.45, 7) is 1.84. The van der Waals surface area contributed by atoms with Gasteiger partial charge in [0.25, 0.3) is 0 Å². The summed E-state index contributed by atoms with van der Waals surface area (Å²) in [4.78, 5) is 8.07. The average Bonchev–Trinajstić information content (AvgIpc) is 3.08. The first-order chi connectivity index (χ1) is 13.4. The van der Waals surface area contributed by atoms with Crippen molar-refractivity contribution in [1.29, 1.82) is 0 Å². The fourth-order valence-electron chi connectivity index (χ4n) is 3.74. The molecule has 5 rings (SSSR count). The minimum Gasteiger partial charge on any atom is -0.321 e. The van der Waals surface area contributed by atoms with Crippen molar-refractivity contribution in [1.82, 2.24) is 29.9 Å². The molecule has 0 bridgehead atoms. The van der Waals surface area contributed by atoms with Gasteiger partial charge in [-0.3, -0.25) is 9.78 Å². The van der Waals surface area contributed by atoms with Crippen LogP contribution in [0.3, 0.4) is 0 Å². The lowest BCUT2D eigenvalue weighted by Crippen LogP contribution is -2.12. The van der Waals surface area contributed by atoms with E-state index in [9.17, 15) is 13.2 Å². The summed E-state index contributed by atoms with van der Waals surface area (Å²) in [6.07, 6.45) is 3.42. The van der Waals surface area contributed by atoms with E-state index >= 15 is 0 Å². The molecule has 1 atom stereocenters. The van der Waals surface area contributed by atoms with Crippen LogP contribution in [-0.4, -0.2) is 29.9 Å². The van der Waals surface area contributed by atoms with E-state index in [4.69, 9.17) is 0 Å². The highest BCUT2D eigenvalue weighted by atomic mass is 19.4. The Kier molecular flexibility index (Phi) is 3.72. The molecule has 3 heterocycles. The van der Waals surface area contributed by atoms with Crippen molar-refractivity contribution in [3.63, 3.8) is 0 Å². The minimum absolute atomic E-state index is 0.0716. The van der Waals surface area contributed by atoms with Gasteiger partial charge < -0.3 is 5.32 Å². The molecule has 0 radical (unpaired) electrons. The molecule has 2 aliphatic rings. The summed E-state index contributed by atoms with van der Waals surface area (Å²) in [5.41, 5.74) is 2.97. The van der Waals surface area contributed by atoms with Crippen LogP contribution in [0.5, 0.6) is 0 Å². The molecule has 10 heteroatoms. The van der Waals surface area contributed by atoms with Crippen molar-refractivity contribution in [3.8, 4) is 0 Å². The van der Waals surface area contributed by atoms with Gasteiger partial charge in [-0.25, -0.2) is 9.97 Å². The molecule has 0 aliphatic heterocycles. The monoisotopic (exact) mass is 389 g/mol. The topological polar surface area (TPSA) is 84.3 Å². The third-order valence-corrected chi connectivity index (χ3v) is 5.34. The van der Waals surface area contributed by atoms with Gasteiger partial charge in [-0.15, -0.1) is 0 Å². The van der Waals surface area contributed by atoms with Gasteiger partial charge in [0.1, 0.15) is 0 Å². The van der Waals surface area contributed by atoms with Gasteiger partial charge in [-0.2, -0.15) is 23.4 Å². The summed E-state index contributed by atoms with van der Waals surface area (Å²) >= 11 is 0. The van der Waals surface area contributed by atoms with E-state index in [2.05, 4.69) is 30.6 Å². The summed E-state index contributed by atoms with van der Waals surface area (Å²) in [5, 5.41) is 14.7. The summed E-state index contributed by atoms with van der Waals surface area (Å²) in [5.74, 6) is 0.0208. The first kappa shape index (κ1) is 17.2. The second-order valence-electron chi connectivity index (χ2n) is 7.36. The number of halogens is 3. The zero-order chi connectivity index (χ0) is 19.5. The van der Waals surface area contributed by atoms with Crippen LogP contribution in [0, 0.1) is 6.92 Å². The number of hydrogen-bond donors (Lipinski definition) is 2. The van der Waals surface area contributed by atoms with Crippen LogP contribution >= 0.6 is 0 Å². The number of H-pyrrole nitrogens is 1. The molecule has 1 fully saturated rings. The molecule has 0 unspecified atom stereocenters. The number of aromatic nitrogens is 6. The number of nitrogens with zero attached hydrogens (tertiary/aromatic N) is 5. The molecular weight excluding hydrogens is 371 g/mol. The molecule has 146 valence electrons. The Hall–Kier alpha value is -2.91. The van der Waals surface area contributed by atoms with E-state index < -0.39 is 11.7 Å². The van der Waals surface area contributed by atoms with Crippen LogP contribution in [-0.2, 0) is 12.6 Å². The Morgan fingerprint density at radius 3 is 2.79 bits per heavy atom. The zero-order valence-electron chi connectivity index (χ0n) is 15.1. The molecule has 0 amide bonds. The first-order valence-corrected chi connectivity index (χ1v) is 9.19. The van der Waals surface area contributed by atoms with Crippen LogP contribution in [0.15, 0.2) is 18.6 Å². The second-order valence-corrected chi connectivity index (χ2v) is 7.36. The van der Waals surface area contributed by atoms with Crippen molar-refractivity contribution in [2.75, 3.05) is 5.32 Å². The highest BCUT2D eigenvalue weighted by Crippen LogP contribution is 2.45. The van der Waals surface area contributed by atoms with E-state index in [-0.39, 0.29) is 23.6 Å². The molecule has 3 aromatic heterocycles. The highest BCUT2D eigenvalue weighted by molar-refractivity contribution is 5.55. The first-order valence-electron chi connectivity index (χ1n) is 9.19. The zero-order valence-corrected chi connectivity index (χ0v) is 15.1. The summed E-state index contributed by atoms with van der Waals surface area (Å²) in [6, 6.07) is 0.0716. The molecule has 0 spiro atoms. The van der Waals surface area contributed by atoms with E-state index in [0.717, 1.165) is 43.3 Å². The lowest BCUT2D eigenvalue weighted by atomic mass is 10.1. The number of fused-ring (bicyclic) bond motifs is 1. The predicted octanol–water partition coefficient (Wildman–Crippen LogP) is 3.88. The Morgan fingerprint density at radius 2 is 2.04 bits per heavy atom. The lowest BCUT2D eigenvalue weighted by molar-refractivity contribution is -0.138. The van der Waals surface area contributed by atoms with Gasteiger partial charge >= 0.3 is 6.18 Å². The number of aromatic amines is 1. The standard InChI is InChI=1S/C18H18F3N7/c1-9-13(8-28(27-9)14-5-4-11-6-23-26-16(11)14)24-17-22-7-12(18(19,20)21)15(25-17)10-2-3-10/h6-8,10,14H,2-5H2,1H3,(H,23,26)(H,22,24,25)/t14-/m1/s1. The Balaban J connectivity index is 1.43. The van der Waals surface area contributed by atoms with Gasteiger partial charge in [0, 0.05) is 18.3 Å². The predicted molar refractivity (Wildman–Crippen MR) is 94.3 cm³/mol. The number of alkyl halides is 3. The largest absolute Gasteiger partial charge is 0.419 e. The number of rotatable bonds is 4. The Bertz CT molecular complexity index is 1030. The van der Waals surface area contributed by atoms with Crippen LogP contribution in [0.1, 0.15) is 59.4 Å². The lowest BCUT2D eigenvalue weighted by Gasteiger charge is -2.13. The van der Waals surface area contributed by atoms with Gasteiger partial charge in [-0.1, -0.05) is 0 Å². The number of nitrogens with one attached hydrogen (secondary N) is 2. The smallest absolute Gasteiger partial charge is 0.321 e. The van der Waals surface area contributed by atoms with E-state index in [1.54, 1.807) is 0 Å². The van der Waals surface area contributed by atoms with Crippen molar-refractivity contribution < 1.29 is 13.2 Å². The highest BCUT2D eigenvalue weighted by Gasteiger charge is 2.40. The SMILES string of the molecule is Cc1nn([C@@H]2CCc3cn[nH]c32)cc1Nc1ncc(C(F)(F)F)c(C2CC2)n1. The van der Waals surface area contributed by atoms with E-state index in [1.807, 2.05) is 24.0 Å². The molecular formula is C18H18F3N7. The molecule has 2 N–H and O–H groups in total. The third-order valence-electron chi connectivity index (χ3n) is 5.34. The van der Waals surface area contributed by atoms with Crippen molar-refractivity contribution >= 4 is 11.6 Å². The second kappa shape index (κ2) is 6.05. The van der Waals surface area contributed by atoms with Crippen molar-refractivity contribution in [2.45, 2.75) is 50.7 Å². The quantitative estimate of drug-likeness (QED) is 0.707. The third kappa shape index (κ3) is 2.92. The van der Waals surface area contributed by atoms with Crippen LogP contribution in [0.2, 0.25) is 0 Å². The molecule has 3 aromatic rings. The van der Waals surface area contributed by atoms with Gasteiger partial charge in [0.05, 0.1) is 40.6 Å². The molecule has 0 aromatic carbocycles. The average molecular weight is 389 g/mol. The fourth-order valence-corrected chi connectivity index (χ4v) is 3.74. The summed E-state index contributed by atoms with van der Waals surface area (Å²) in [7, 11) is 0. The maximum absolute atomic E-state index is 13.2. The van der Waals surface area contributed by atoms with E-state index in [1.165, 1.54) is 5.56 Å². The molecule has 0 saturated heterocycles. The van der Waals surface area contributed by atoms with Crippen LogP contribution in [0.4, 0.5) is 24.8 Å². The van der Waals surface area contributed by atoms with Crippen LogP contribution in [0.25, 0.3) is 0 Å². The molecule has 2 aliphatic carbocycles. The molecule has 7 nitrogen and oxygen atoms in total. The maximum atomic E-state index is 13.2. The number of anilines is 2. The van der Waals surface area contributed by atoms with E-state index in [0.29, 0.717) is 5.69 Å². The number of aryl methyl sites for hydroxylation is 2. The molecule has 1 saturated carbocycles. The Morgan fingerprint density at radius 1 is 1.21 bits per heavy atom. The number of hydrogen-bond acceptors (Lipinski definition) is 5. The Labute approximate surface area is 158 Å². The van der Waals surface area contributed by atoms with Crippen molar-refractivity contribution in [2.24, 2.45) is 0 Å².